The van der Waals surface area contributed by atoms with Crippen molar-refractivity contribution in [2.75, 3.05) is 6.54 Å². The number of aliphatic hydroxyl groups is 1. The third-order valence-corrected chi connectivity index (χ3v) is 2.38. The van der Waals surface area contributed by atoms with Gasteiger partial charge in [-0.3, -0.25) is 0 Å². The van der Waals surface area contributed by atoms with Crippen LogP contribution in [0.4, 0.5) is 0 Å². The molecule has 14 heavy (non-hydrogen) atoms. The molecule has 0 amide bonds. The second-order valence-electron chi connectivity index (χ2n) is 4.00. The molecule has 0 aromatic carbocycles. The van der Waals surface area contributed by atoms with Crippen LogP contribution in [-0.2, 0) is 0 Å². The summed E-state index contributed by atoms with van der Waals surface area (Å²) in [4.78, 5) is 4.27. The number of β-amino-alcohol motifs (C(OH)–C–C–N with tert-alkyl or cyclic N) is 1. The first-order valence-corrected chi connectivity index (χ1v) is 4.91. The topological polar surface area (TPSA) is 71.2 Å². The largest absolute Gasteiger partial charge is 0.392 e. The second kappa shape index (κ2) is 3.67. The van der Waals surface area contributed by atoms with Crippen LogP contribution in [0.15, 0.2) is 4.52 Å². The summed E-state index contributed by atoms with van der Waals surface area (Å²) >= 11 is 0. The molecule has 0 radical (unpaired) electrons. The molecule has 2 rings (SSSR count). The number of nitrogens with zero attached hydrogens (tertiary/aromatic N) is 2. The molecular formula is C9H15N3O2. The molecule has 2 atom stereocenters. The van der Waals surface area contributed by atoms with E-state index >= 15 is 0 Å². The molecule has 5 heteroatoms. The fourth-order valence-electron chi connectivity index (χ4n) is 1.53. The van der Waals surface area contributed by atoms with Crippen molar-refractivity contribution in [3.63, 3.8) is 0 Å². The lowest BCUT2D eigenvalue weighted by molar-refractivity contribution is 0.191. The van der Waals surface area contributed by atoms with E-state index in [4.69, 9.17) is 4.52 Å². The van der Waals surface area contributed by atoms with Crippen molar-refractivity contribution < 1.29 is 9.63 Å². The summed E-state index contributed by atoms with van der Waals surface area (Å²) in [5.41, 5.74) is 0. The summed E-state index contributed by atoms with van der Waals surface area (Å²) in [5.74, 6) is 1.59. The third-order valence-electron chi connectivity index (χ3n) is 2.38. The van der Waals surface area contributed by atoms with Crippen molar-refractivity contribution in [1.82, 2.24) is 15.5 Å². The number of aromatic nitrogens is 2. The first-order valence-electron chi connectivity index (χ1n) is 4.91. The summed E-state index contributed by atoms with van der Waals surface area (Å²) in [6, 6.07) is 0.0185. The predicted molar refractivity (Wildman–Crippen MR) is 49.8 cm³/mol. The normalized spacial score (nSPS) is 27.4. The Labute approximate surface area is 82.5 Å². The van der Waals surface area contributed by atoms with Crippen molar-refractivity contribution in [2.45, 2.75) is 38.3 Å². The van der Waals surface area contributed by atoms with Crippen molar-refractivity contribution >= 4 is 0 Å². The van der Waals surface area contributed by atoms with Crippen LogP contribution in [0.1, 0.15) is 43.9 Å². The Balaban J connectivity index is 2.09. The highest BCUT2D eigenvalue weighted by Crippen LogP contribution is 2.22. The first kappa shape index (κ1) is 9.61. The van der Waals surface area contributed by atoms with E-state index in [2.05, 4.69) is 15.5 Å². The van der Waals surface area contributed by atoms with Gasteiger partial charge >= 0.3 is 0 Å². The molecule has 1 aliphatic heterocycles. The fourth-order valence-corrected chi connectivity index (χ4v) is 1.53. The van der Waals surface area contributed by atoms with Crippen LogP contribution >= 0.6 is 0 Å². The zero-order valence-electron chi connectivity index (χ0n) is 8.40. The molecule has 0 spiro atoms. The van der Waals surface area contributed by atoms with Crippen LogP contribution in [0.3, 0.4) is 0 Å². The van der Waals surface area contributed by atoms with Gasteiger partial charge in [-0.05, 0) is 6.42 Å². The van der Waals surface area contributed by atoms with Crippen LogP contribution in [0.2, 0.25) is 0 Å². The van der Waals surface area contributed by atoms with E-state index in [1.807, 2.05) is 13.8 Å². The van der Waals surface area contributed by atoms with Crippen LogP contribution < -0.4 is 5.32 Å². The van der Waals surface area contributed by atoms with Crippen LogP contribution in [0, 0.1) is 0 Å². The standard InChI is InChI=1S/C9H15N3O2/c1-5(2)8-11-9(14-12-8)7-3-6(13)4-10-7/h5-7,10,13H,3-4H2,1-2H3/t6-,7+/m1/s1. The van der Waals surface area contributed by atoms with Gasteiger partial charge in [0.15, 0.2) is 5.82 Å². The summed E-state index contributed by atoms with van der Waals surface area (Å²) in [6.07, 6.45) is 0.356. The number of nitrogens with one attached hydrogen (secondary N) is 1. The Morgan fingerprint density at radius 3 is 2.86 bits per heavy atom. The minimum atomic E-state index is -0.297. The SMILES string of the molecule is CC(C)c1noc([C@@H]2C[C@@H](O)CN2)n1. The maximum Gasteiger partial charge on any atom is 0.243 e. The molecular weight excluding hydrogens is 182 g/mol. The van der Waals surface area contributed by atoms with E-state index < -0.39 is 0 Å². The highest BCUT2D eigenvalue weighted by molar-refractivity contribution is 4.99. The highest BCUT2D eigenvalue weighted by Gasteiger charge is 2.28. The van der Waals surface area contributed by atoms with Crippen molar-refractivity contribution in [1.29, 1.82) is 0 Å². The Morgan fingerprint density at radius 2 is 2.36 bits per heavy atom. The Morgan fingerprint density at radius 1 is 1.57 bits per heavy atom. The van der Waals surface area contributed by atoms with Crippen molar-refractivity contribution in [3.05, 3.63) is 11.7 Å². The highest BCUT2D eigenvalue weighted by atomic mass is 16.5. The van der Waals surface area contributed by atoms with Gasteiger partial charge in [0, 0.05) is 12.5 Å². The Bertz CT molecular complexity index is 311. The number of aliphatic hydroxyl groups excluding tert-OH is 1. The minimum absolute atomic E-state index is 0.0185. The van der Waals surface area contributed by atoms with E-state index in [0.29, 0.717) is 18.9 Å². The zero-order chi connectivity index (χ0) is 10.1. The predicted octanol–water partition coefficient (Wildman–Crippen LogP) is 0.588. The van der Waals surface area contributed by atoms with Gasteiger partial charge < -0.3 is 14.9 Å². The molecule has 2 N–H and O–H groups in total. The third kappa shape index (κ3) is 1.78. The Kier molecular flexibility index (Phi) is 2.52. The van der Waals surface area contributed by atoms with E-state index in [1.165, 1.54) is 0 Å². The van der Waals surface area contributed by atoms with Crippen LogP contribution in [-0.4, -0.2) is 27.9 Å². The average Bonchev–Trinajstić information content (AvgIpc) is 2.70. The van der Waals surface area contributed by atoms with E-state index in [1.54, 1.807) is 0 Å². The summed E-state index contributed by atoms with van der Waals surface area (Å²) in [6.45, 7) is 4.64. The molecule has 5 nitrogen and oxygen atoms in total. The minimum Gasteiger partial charge on any atom is -0.392 e. The summed E-state index contributed by atoms with van der Waals surface area (Å²) in [7, 11) is 0. The van der Waals surface area contributed by atoms with Gasteiger partial charge in [-0.15, -0.1) is 0 Å². The van der Waals surface area contributed by atoms with E-state index in [9.17, 15) is 5.11 Å². The van der Waals surface area contributed by atoms with Crippen LogP contribution in [0.5, 0.6) is 0 Å². The van der Waals surface area contributed by atoms with Gasteiger partial charge in [0.05, 0.1) is 12.1 Å². The lowest BCUT2D eigenvalue weighted by Gasteiger charge is -2.01. The molecule has 1 aromatic rings. The monoisotopic (exact) mass is 197 g/mol. The van der Waals surface area contributed by atoms with Gasteiger partial charge in [-0.1, -0.05) is 19.0 Å². The number of rotatable bonds is 2. The zero-order valence-corrected chi connectivity index (χ0v) is 8.40. The maximum atomic E-state index is 9.32. The molecule has 78 valence electrons. The van der Waals surface area contributed by atoms with Crippen molar-refractivity contribution in [3.8, 4) is 0 Å². The maximum absolute atomic E-state index is 9.32. The van der Waals surface area contributed by atoms with E-state index in [-0.39, 0.29) is 18.1 Å². The Hall–Kier alpha value is -0.940. The summed E-state index contributed by atoms with van der Waals surface area (Å²) < 4.78 is 5.12. The summed E-state index contributed by atoms with van der Waals surface area (Å²) in [5, 5.41) is 16.3. The van der Waals surface area contributed by atoms with Crippen molar-refractivity contribution in [2.24, 2.45) is 0 Å². The fraction of sp³-hybridized carbons (Fsp3) is 0.778. The van der Waals surface area contributed by atoms with Gasteiger partial charge in [-0.2, -0.15) is 4.98 Å². The number of hydrogen-bond donors (Lipinski definition) is 2. The number of hydrogen-bond acceptors (Lipinski definition) is 5. The molecule has 1 aromatic heterocycles. The first-order chi connectivity index (χ1) is 6.66. The molecule has 0 unspecified atom stereocenters. The van der Waals surface area contributed by atoms with E-state index in [0.717, 1.165) is 5.82 Å². The lowest BCUT2D eigenvalue weighted by atomic mass is 10.2. The lowest BCUT2D eigenvalue weighted by Crippen LogP contribution is -2.15. The molecule has 1 saturated heterocycles. The molecule has 0 bridgehead atoms. The molecule has 1 fully saturated rings. The molecule has 2 heterocycles. The van der Waals surface area contributed by atoms with Gasteiger partial charge in [0.2, 0.25) is 5.89 Å². The van der Waals surface area contributed by atoms with Crippen LogP contribution in [0.25, 0.3) is 0 Å². The molecule has 0 saturated carbocycles. The smallest absolute Gasteiger partial charge is 0.243 e. The van der Waals surface area contributed by atoms with Gasteiger partial charge in [0.1, 0.15) is 0 Å². The van der Waals surface area contributed by atoms with Gasteiger partial charge in [-0.25, -0.2) is 0 Å². The molecule has 1 aliphatic rings. The average molecular weight is 197 g/mol. The quantitative estimate of drug-likeness (QED) is 0.726. The second-order valence-corrected chi connectivity index (χ2v) is 4.00. The van der Waals surface area contributed by atoms with Gasteiger partial charge in [0.25, 0.3) is 0 Å². The molecule has 0 aliphatic carbocycles.